The molecule has 1 unspecified atom stereocenters. The lowest BCUT2D eigenvalue weighted by Gasteiger charge is -2.23. The van der Waals surface area contributed by atoms with E-state index in [0.29, 0.717) is 5.82 Å². The van der Waals surface area contributed by atoms with Crippen molar-refractivity contribution in [2.45, 2.75) is 18.9 Å². The molecule has 8 heteroatoms. The average Bonchev–Trinajstić information content (AvgIpc) is 3.33. The van der Waals surface area contributed by atoms with Crippen molar-refractivity contribution in [3.05, 3.63) is 53.7 Å². The van der Waals surface area contributed by atoms with E-state index in [2.05, 4.69) is 20.7 Å². The largest absolute Gasteiger partial charge is 0.345 e. The van der Waals surface area contributed by atoms with E-state index in [-0.39, 0.29) is 30.2 Å². The van der Waals surface area contributed by atoms with Gasteiger partial charge in [0.25, 0.3) is 5.91 Å². The second kappa shape index (κ2) is 8.44. The van der Waals surface area contributed by atoms with Crippen molar-refractivity contribution < 1.29 is 4.79 Å². The topological polar surface area (TPSA) is 71.8 Å². The maximum absolute atomic E-state index is 12.6. The van der Waals surface area contributed by atoms with Gasteiger partial charge in [0.15, 0.2) is 5.82 Å². The van der Waals surface area contributed by atoms with Gasteiger partial charge in [0, 0.05) is 12.6 Å². The van der Waals surface area contributed by atoms with Crippen LogP contribution in [0.5, 0.6) is 0 Å². The molecule has 1 saturated heterocycles. The fraction of sp³-hybridized carbons (Fsp3) is 0.278. The molecule has 2 aromatic heterocycles. The highest BCUT2D eigenvalue weighted by atomic mass is 35.5. The SMILES string of the molecule is Cl.O=C(NC1CCCNC1)c1nc(-c2cccs2)n(-c2ccccc2)n1. The monoisotopic (exact) mass is 389 g/mol. The summed E-state index contributed by atoms with van der Waals surface area (Å²) in [5.41, 5.74) is 0.886. The van der Waals surface area contributed by atoms with Gasteiger partial charge in [-0.15, -0.1) is 28.8 Å². The maximum atomic E-state index is 12.6. The van der Waals surface area contributed by atoms with Crippen LogP contribution in [0, 0.1) is 0 Å². The molecule has 0 aliphatic carbocycles. The molecule has 0 spiro atoms. The number of para-hydroxylation sites is 1. The zero-order valence-electron chi connectivity index (χ0n) is 14.1. The summed E-state index contributed by atoms with van der Waals surface area (Å²) in [6.07, 6.45) is 2.05. The van der Waals surface area contributed by atoms with Gasteiger partial charge < -0.3 is 10.6 Å². The summed E-state index contributed by atoms with van der Waals surface area (Å²) in [5.74, 6) is 0.673. The van der Waals surface area contributed by atoms with Gasteiger partial charge in [0.2, 0.25) is 5.82 Å². The summed E-state index contributed by atoms with van der Waals surface area (Å²) in [6, 6.07) is 13.9. The van der Waals surface area contributed by atoms with Crippen LogP contribution in [0.2, 0.25) is 0 Å². The fourth-order valence-electron chi connectivity index (χ4n) is 2.95. The number of amides is 1. The molecule has 6 nitrogen and oxygen atoms in total. The van der Waals surface area contributed by atoms with Crippen LogP contribution in [-0.4, -0.2) is 39.8 Å². The van der Waals surface area contributed by atoms with Crippen LogP contribution in [-0.2, 0) is 0 Å². The van der Waals surface area contributed by atoms with Crippen LogP contribution in [0.15, 0.2) is 47.8 Å². The molecule has 3 aromatic rings. The summed E-state index contributed by atoms with van der Waals surface area (Å²) >= 11 is 1.58. The number of halogens is 1. The minimum Gasteiger partial charge on any atom is -0.345 e. The van der Waals surface area contributed by atoms with Crippen molar-refractivity contribution in [1.29, 1.82) is 0 Å². The second-order valence-electron chi connectivity index (χ2n) is 6.00. The molecule has 0 saturated carbocycles. The summed E-state index contributed by atoms with van der Waals surface area (Å²) in [4.78, 5) is 18.1. The van der Waals surface area contributed by atoms with Gasteiger partial charge in [0.1, 0.15) is 0 Å². The molecule has 1 aliphatic heterocycles. The number of hydrogen-bond donors (Lipinski definition) is 2. The smallest absolute Gasteiger partial charge is 0.291 e. The van der Waals surface area contributed by atoms with Gasteiger partial charge in [-0.1, -0.05) is 24.3 Å². The lowest BCUT2D eigenvalue weighted by Crippen LogP contribution is -2.45. The van der Waals surface area contributed by atoms with E-state index in [9.17, 15) is 4.79 Å². The highest BCUT2D eigenvalue weighted by molar-refractivity contribution is 7.13. The molecule has 1 fully saturated rings. The Hall–Kier alpha value is -2.22. The Kier molecular flexibility index (Phi) is 6.03. The molecule has 0 radical (unpaired) electrons. The zero-order chi connectivity index (χ0) is 17.1. The first kappa shape index (κ1) is 18.6. The Morgan fingerprint density at radius 2 is 2.08 bits per heavy atom. The van der Waals surface area contributed by atoms with Crippen molar-refractivity contribution in [3.8, 4) is 16.4 Å². The van der Waals surface area contributed by atoms with Crippen LogP contribution >= 0.6 is 23.7 Å². The van der Waals surface area contributed by atoms with Gasteiger partial charge in [-0.25, -0.2) is 9.67 Å². The van der Waals surface area contributed by atoms with Crippen molar-refractivity contribution >= 4 is 29.7 Å². The molecule has 1 amide bonds. The number of rotatable bonds is 4. The lowest BCUT2D eigenvalue weighted by molar-refractivity contribution is 0.0920. The number of nitrogens with zero attached hydrogens (tertiary/aromatic N) is 3. The second-order valence-corrected chi connectivity index (χ2v) is 6.95. The van der Waals surface area contributed by atoms with E-state index >= 15 is 0 Å². The molecular formula is C18H20ClN5OS. The Morgan fingerprint density at radius 1 is 1.23 bits per heavy atom. The first-order chi connectivity index (χ1) is 12.3. The number of thiophene rings is 1. The molecule has 26 heavy (non-hydrogen) atoms. The quantitative estimate of drug-likeness (QED) is 0.719. The van der Waals surface area contributed by atoms with E-state index in [1.165, 1.54) is 0 Å². The van der Waals surface area contributed by atoms with E-state index in [0.717, 1.165) is 36.5 Å². The van der Waals surface area contributed by atoms with Gasteiger partial charge in [0.05, 0.1) is 10.6 Å². The minimum absolute atomic E-state index is 0. The molecule has 4 rings (SSSR count). The summed E-state index contributed by atoms with van der Waals surface area (Å²) in [6.45, 7) is 1.80. The number of piperidine rings is 1. The molecular weight excluding hydrogens is 370 g/mol. The minimum atomic E-state index is -0.221. The van der Waals surface area contributed by atoms with Crippen molar-refractivity contribution in [3.63, 3.8) is 0 Å². The number of hydrogen-bond acceptors (Lipinski definition) is 5. The summed E-state index contributed by atoms with van der Waals surface area (Å²) < 4.78 is 1.74. The number of nitrogens with one attached hydrogen (secondary N) is 2. The highest BCUT2D eigenvalue weighted by Crippen LogP contribution is 2.25. The van der Waals surface area contributed by atoms with E-state index in [1.54, 1.807) is 16.0 Å². The number of carbonyl (C=O) groups excluding carboxylic acids is 1. The number of carbonyl (C=O) groups is 1. The summed E-state index contributed by atoms with van der Waals surface area (Å²) in [7, 11) is 0. The molecule has 1 aliphatic rings. The van der Waals surface area contributed by atoms with Crippen LogP contribution < -0.4 is 10.6 Å². The Morgan fingerprint density at radius 3 is 2.77 bits per heavy atom. The van der Waals surface area contributed by atoms with Gasteiger partial charge in [-0.05, 0) is 43.0 Å². The standard InChI is InChI=1S/C18H19N5OS.ClH/c24-18(20-13-6-4-10-19-12-13)16-21-17(15-9-5-11-25-15)23(22-16)14-7-2-1-3-8-14;/h1-3,5,7-9,11,13,19H,4,6,10,12H2,(H,20,24);1H. The van der Waals surface area contributed by atoms with E-state index in [1.807, 2.05) is 47.8 Å². The van der Waals surface area contributed by atoms with Crippen molar-refractivity contribution in [2.75, 3.05) is 13.1 Å². The van der Waals surface area contributed by atoms with Crippen LogP contribution in [0.1, 0.15) is 23.5 Å². The first-order valence-electron chi connectivity index (χ1n) is 8.39. The Labute approximate surface area is 162 Å². The summed E-state index contributed by atoms with van der Waals surface area (Å²) in [5, 5.41) is 12.8. The Balaban J connectivity index is 0.00000196. The highest BCUT2D eigenvalue weighted by Gasteiger charge is 2.22. The van der Waals surface area contributed by atoms with Crippen LogP contribution in [0.3, 0.4) is 0 Å². The van der Waals surface area contributed by atoms with Crippen molar-refractivity contribution in [1.82, 2.24) is 25.4 Å². The van der Waals surface area contributed by atoms with Crippen molar-refractivity contribution in [2.24, 2.45) is 0 Å². The maximum Gasteiger partial charge on any atom is 0.291 e. The molecule has 1 atom stereocenters. The lowest BCUT2D eigenvalue weighted by atomic mass is 10.1. The molecule has 136 valence electrons. The van der Waals surface area contributed by atoms with Crippen LogP contribution in [0.4, 0.5) is 0 Å². The Bertz CT molecular complexity index is 844. The third-order valence-corrected chi connectivity index (χ3v) is 5.05. The molecule has 1 aromatic carbocycles. The number of benzene rings is 1. The first-order valence-corrected chi connectivity index (χ1v) is 9.27. The molecule has 3 heterocycles. The molecule has 2 N–H and O–H groups in total. The normalized spacial score (nSPS) is 16.7. The predicted molar refractivity (Wildman–Crippen MR) is 105 cm³/mol. The molecule has 0 bridgehead atoms. The fourth-order valence-corrected chi connectivity index (χ4v) is 3.65. The van der Waals surface area contributed by atoms with Gasteiger partial charge >= 0.3 is 0 Å². The zero-order valence-corrected chi connectivity index (χ0v) is 15.7. The van der Waals surface area contributed by atoms with Crippen LogP contribution in [0.25, 0.3) is 16.4 Å². The third-order valence-electron chi connectivity index (χ3n) is 4.18. The number of aromatic nitrogens is 3. The van der Waals surface area contributed by atoms with E-state index < -0.39 is 0 Å². The average molecular weight is 390 g/mol. The van der Waals surface area contributed by atoms with Gasteiger partial charge in [-0.2, -0.15) is 0 Å². The third kappa shape index (κ3) is 3.95. The van der Waals surface area contributed by atoms with Gasteiger partial charge in [-0.3, -0.25) is 4.79 Å². The van der Waals surface area contributed by atoms with E-state index in [4.69, 9.17) is 0 Å². The predicted octanol–water partition coefficient (Wildman–Crippen LogP) is 2.90.